The van der Waals surface area contributed by atoms with Gasteiger partial charge in [0.25, 0.3) is 23.6 Å². The van der Waals surface area contributed by atoms with E-state index in [0.29, 0.717) is 33.0 Å². The maximum absolute atomic E-state index is 14.6. The molecule has 1 N–H and O–H groups in total. The fourth-order valence-electron chi connectivity index (χ4n) is 10.9. The van der Waals surface area contributed by atoms with E-state index >= 15 is 0 Å². The van der Waals surface area contributed by atoms with Crippen molar-refractivity contribution in [2.45, 2.75) is 175 Å². The van der Waals surface area contributed by atoms with Crippen molar-refractivity contribution in [1.29, 1.82) is 0 Å². The van der Waals surface area contributed by atoms with Crippen LogP contribution in [-0.2, 0) is 0 Å². The summed E-state index contributed by atoms with van der Waals surface area (Å²) in [7, 11) is 0. The highest BCUT2D eigenvalue weighted by Crippen LogP contribution is 2.47. The number of carbonyl (C=O) groups excluding carboxylic acids is 4. The Hall–Kier alpha value is -4.36. The summed E-state index contributed by atoms with van der Waals surface area (Å²) < 4.78 is 0. The molecule has 5 aromatic rings. The number of nitrogens with zero attached hydrogens (tertiary/aromatic N) is 2. The third kappa shape index (κ3) is 8.70. The molecule has 0 saturated heterocycles. The van der Waals surface area contributed by atoms with Crippen molar-refractivity contribution >= 4 is 66.7 Å². The summed E-state index contributed by atoms with van der Waals surface area (Å²) in [5.41, 5.74) is 1.61. The van der Waals surface area contributed by atoms with E-state index in [1.165, 1.54) is 17.7 Å². The lowest BCUT2D eigenvalue weighted by Crippen LogP contribution is -2.48. The number of unbranched alkanes of at least 4 members (excludes halogenated alkanes) is 14. The summed E-state index contributed by atoms with van der Waals surface area (Å²) >= 11 is 0. The lowest BCUT2D eigenvalue weighted by atomic mass is 9.77. The van der Waals surface area contributed by atoms with Gasteiger partial charge in [-0.25, -0.2) is 0 Å². The number of carbonyl (C=O) groups is 4. The highest BCUT2D eigenvalue weighted by atomic mass is 16.3. The van der Waals surface area contributed by atoms with E-state index in [9.17, 15) is 24.3 Å². The first-order chi connectivity index (χ1) is 29.7. The Balaban J connectivity index is 1.25. The van der Waals surface area contributed by atoms with Crippen LogP contribution in [0, 0.1) is 5.41 Å². The Morgan fingerprint density at radius 1 is 0.443 bits per heavy atom. The predicted octanol–water partition coefficient (Wildman–Crippen LogP) is 13.9. The van der Waals surface area contributed by atoms with Gasteiger partial charge in [-0.1, -0.05) is 168 Å². The molecule has 4 amide bonds. The molecule has 0 atom stereocenters. The standard InChI is InChI=1S/C54H70N2O5/c1-5-9-13-17-21-33-54(36-57,34-22-18-14-10-6-2)35-55-50(58)42-29-25-38-40-27-31-44-49-45(32-28-41(47(40)49)39-26-30-43(51(55)59)48(42)46(38)39)53(61)56(52(44)60)37(23-19-15-11-7-3)24-20-16-12-8-4/h25-32,37,57H,5-24,33-36H2,1-4H3. The van der Waals surface area contributed by atoms with E-state index in [1.54, 1.807) is 4.90 Å². The molecule has 2 aliphatic heterocycles. The minimum absolute atomic E-state index is 0.0577. The van der Waals surface area contributed by atoms with Crippen molar-refractivity contribution in [3.8, 4) is 0 Å². The first-order valence-corrected chi connectivity index (χ1v) is 24.3. The molecule has 0 saturated carbocycles. The molecular formula is C54H70N2O5. The molecule has 61 heavy (non-hydrogen) atoms. The zero-order chi connectivity index (χ0) is 43.1. The summed E-state index contributed by atoms with van der Waals surface area (Å²) in [4.78, 5) is 61.4. The average molecular weight is 827 g/mol. The van der Waals surface area contributed by atoms with Crippen LogP contribution in [0.4, 0.5) is 0 Å². The van der Waals surface area contributed by atoms with Gasteiger partial charge < -0.3 is 5.11 Å². The van der Waals surface area contributed by atoms with Gasteiger partial charge >= 0.3 is 0 Å². The van der Waals surface area contributed by atoms with Crippen LogP contribution < -0.4 is 0 Å². The fraction of sp³-hybridized carbons (Fsp3) is 0.556. The van der Waals surface area contributed by atoms with Crippen LogP contribution in [0.2, 0.25) is 0 Å². The summed E-state index contributed by atoms with van der Waals surface area (Å²) in [6.45, 7) is 8.96. The van der Waals surface area contributed by atoms with E-state index in [0.717, 1.165) is 161 Å². The molecule has 0 bridgehead atoms. The minimum Gasteiger partial charge on any atom is -0.396 e. The van der Waals surface area contributed by atoms with E-state index < -0.39 is 5.41 Å². The maximum Gasteiger partial charge on any atom is 0.261 e. The molecule has 0 unspecified atom stereocenters. The third-order valence-electron chi connectivity index (χ3n) is 14.3. The molecule has 2 aliphatic rings. The zero-order valence-electron chi connectivity index (χ0n) is 37.6. The monoisotopic (exact) mass is 827 g/mol. The highest BCUT2D eigenvalue weighted by molar-refractivity contribution is 6.41. The summed E-state index contributed by atoms with van der Waals surface area (Å²) in [5.74, 6) is -1.01. The molecule has 0 aromatic heterocycles. The van der Waals surface area contributed by atoms with E-state index in [2.05, 4.69) is 27.7 Å². The Morgan fingerprint density at radius 3 is 1.15 bits per heavy atom. The maximum atomic E-state index is 14.6. The second-order valence-electron chi connectivity index (χ2n) is 18.7. The van der Waals surface area contributed by atoms with Crippen LogP contribution in [0.5, 0.6) is 0 Å². The SMILES string of the molecule is CCCCCCCC(CO)(CCCCCCC)CN1C(=O)c2ccc3c4ccc5c6c(ccc(c7ccc(c2c37)C1=O)c64)C(=O)N(C(CCCCCC)CCCCCC)C5=O. The number of fused-ring (bicyclic) bond motifs is 2. The molecule has 5 aromatic carbocycles. The molecular weight excluding hydrogens is 757 g/mol. The van der Waals surface area contributed by atoms with E-state index in [1.807, 2.05) is 48.5 Å². The van der Waals surface area contributed by atoms with Gasteiger partial charge in [0.15, 0.2) is 0 Å². The van der Waals surface area contributed by atoms with Gasteiger partial charge in [-0.15, -0.1) is 0 Å². The zero-order valence-corrected chi connectivity index (χ0v) is 37.6. The summed E-state index contributed by atoms with van der Waals surface area (Å²) in [6.07, 6.45) is 23.1. The van der Waals surface area contributed by atoms with E-state index in [4.69, 9.17) is 0 Å². The Labute approximate surface area is 363 Å². The van der Waals surface area contributed by atoms with Crippen LogP contribution in [0.1, 0.15) is 210 Å². The third-order valence-corrected chi connectivity index (χ3v) is 14.3. The molecule has 2 heterocycles. The van der Waals surface area contributed by atoms with Crippen molar-refractivity contribution in [3.63, 3.8) is 0 Å². The molecule has 326 valence electrons. The number of hydrogen-bond acceptors (Lipinski definition) is 5. The average Bonchev–Trinajstić information content (AvgIpc) is 3.27. The largest absolute Gasteiger partial charge is 0.396 e. The smallest absolute Gasteiger partial charge is 0.261 e. The Kier molecular flexibility index (Phi) is 14.8. The minimum atomic E-state index is -0.546. The molecule has 7 heteroatoms. The molecule has 7 rings (SSSR count). The summed E-state index contributed by atoms with van der Waals surface area (Å²) in [6, 6.07) is 15.4. The van der Waals surface area contributed by atoms with Crippen LogP contribution >= 0.6 is 0 Å². The molecule has 0 fully saturated rings. The van der Waals surface area contributed by atoms with Gasteiger partial charge in [0.05, 0.1) is 6.61 Å². The predicted molar refractivity (Wildman–Crippen MR) is 251 cm³/mol. The fourth-order valence-corrected chi connectivity index (χ4v) is 10.9. The second kappa shape index (κ2) is 20.2. The van der Waals surface area contributed by atoms with Crippen LogP contribution in [0.3, 0.4) is 0 Å². The van der Waals surface area contributed by atoms with Crippen LogP contribution in [0.25, 0.3) is 43.1 Å². The van der Waals surface area contributed by atoms with Gasteiger partial charge in [-0.2, -0.15) is 0 Å². The lowest BCUT2D eigenvalue weighted by molar-refractivity contribution is 0.0352. The topological polar surface area (TPSA) is 95.0 Å². The van der Waals surface area contributed by atoms with Crippen molar-refractivity contribution in [2.24, 2.45) is 5.41 Å². The molecule has 0 aliphatic carbocycles. The molecule has 7 nitrogen and oxygen atoms in total. The van der Waals surface area contributed by atoms with Gasteiger partial charge in [-0.05, 0) is 82.3 Å². The quantitative estimate of drug-likeness (QED) is 0.0259. The number of rotatable bonds is 26. The number of aliphatic hydroxyl groups excluding tert-OH is 1. The Bertz CT molecular complexity index is 2210. The number of hydrogen-bond donors (Lipinski definition) is 1. The number of imide groups is 2. The van der Waals surface area contributed by atoms with Crippen molar-refractivity contribution in [3.05, 3.63) is 70.8 Å². The van der Waals surface area contributed by atoms with Gasteiger partial charge in [0.2, 0.25) is 0 Å². The van der Waals surface area contributed by atoms with Gasteiger partial charge in [-0.3, -0.25) is 29.0 Å². The lowest BCUT2D eigenvalue weighted by Gasteiger charge is -2.38. The summed E-state index contributed by atoms with van der Waals surface area (Å²) in [5, 5.41) is 17.8. The van der Waals surface area contributed by atoms with Crippen molar-refractivity contribution in [2.75, 3.05) is 13.2 Å². The first-order valence-electron chi connectivity index (χ1n) is 24.3. The van der Waals surface area contributed by atoms with Crippen molar-refractivity contribution < 1.29 is 24.3 Å². The molecule has 0 radical (unpaired) electrons. The normalized spacial score (nSPS) is 14.5. The first kappa shape index (κ1) is 44.7. The van der Waals surface area contributed by atoms with Crippen LogP contribution in [-0.4, -0.2) is 57.7 Å². The van der Waals surface area contributed by atoms with E-state index in [-0.39, 0.29) is 42.8 Å². The highest BCUT2D eigenvalue weighted by Gasteiger charge is 2.41. The second-order valence-corrected chi connectivity index (χ2v) is 18.7. The van der Waals surface area contributed by atoms with Crippen molar-refractivity contribution in [1.82, 2.24) is 9.80 Å². The molecule has 0 spiro atoms. The number of amides is 4. The Morgan fingerprint density at radius 2 is 0.787 bits per heavy atom. The number of benzene rings is 5. The van der Waals surface area contributed by atoms with Gasteiger partial charge in [0.1, 0.15) is 0 Å². The van der Waals surface area contributed by atoms with Crippen LogP contribution in [0.15, 0.2) is 48.5 Å². The number of aliphatic hydroxyl groups is 1. The van der Waals surface area contributed by atoms with Gasteiger partial charge in [0, 0.05) is 51.0 Å².